The monoisotopic (exact) mass is 472 g/mol. The van der Waals surface area contributed by atoms with Crippen LogP contribution in [0.5, 0.6) is 5.75 Å². The van der Waals surface area contributed by atoms with Gasteiger partial charge in [-0.25, -0.2) is 4.99 Å². The topological polar surface area (TPSA) is 71.7 Å². The van der Waals surface area contributed by atoms with E-state index in [0.29, 0.717) is 12.5 Å². The van der Waals surface area contributed by atoms with E-state index in [1.807, 2.05) is 25.1 Å². The van der Waals surface area contributed by atoms with Gasteiger partial charge in [-0.3, -0.25) is 0 Å². The van der Waals surface area contributed by atoms with Crippen LogP contribution in [0.25, 0.3) is 0 Å². The quantitative estimate of drug-likeness (QED) is 0.348. The number of guanidine groups is 1. The minimum atomic E-state index is 0. The summed E-state index contributed by atoms with van der Waals surface area (Å²) in [5.74, 6) is 2.78. The molecule has 0 saturated heterocycles. The fourth-order valence-corrected chi connectivity index (χ4v) is 2.29. The maximum absolute atomic E-state index is 5.33. The van der Waals surface area contributed by atoms with Crippen LogP contribution in [0.4, 0.5) is 0 Å². The number of nitrogens with zero attached hydrogens (tertiary/aromatic N) is 2. The summed E-state index contributed by atoms with van der Waals surface area (Å²) in [6, 6.07) is 10.1. The summed E-state index contributed by atoms with van der Waals surface area (Å²) in [7, 11) is 1.67. The number of rotatable bonds is 8. The molecule has 0 fully saturated rings. The van der Waals surface area contributed by atoms with Crippen LogP contribution in [-0.4, -0.2) is 31.3 Å². The van der Waals surface area contributed by atoms with Gasteiger partial charge < -0.3 is 19.9 Å². The second-order valence-corrected chi connectivity index (χ2v) is 6.09. The summed E-state index contributed by atoms with van der Waals surface area (Å²) in [4.78, 5) is 4.56. The maximum atomic E-state index is 5.33. The first-order valence-corrected chi connectivity index (χ1v) is 8.73. The van der Waals surface area contributed by atoms with Crippen molar-refractivity contribution < 1.29 is 9.26 Å². The van der Waals surface area contributed by atoms with Crippen molar-refractivity contribution in [2.24, 2.45) is 4.99 Å². The molecule has 2 aromatic rings. The van der Waals surface area contributed by atoms with Crippen molar-refractivity contribution in [3.8, 4) is 5.75 Å². The lowest BCUT2D eigenvalue weighted by atomic mass is 10.1. The van der Waals surface area contributed by atoms with Gasteiger partial charge in [-0.2, -0.15) is 0 Å². The van der Waals surface area contributed by atoms with Gasteiger partial charge in [0.25, 0.3) is 0 Å². The van der Waals surface area contributed by atoms with Crippen molar-refractivity contribution in [3.63, 3.8) is 0 Å². The van der Waals surface area contributed by atoms with E-state index in [2.05, 4.69) is 46.8 Å². The Bertz CT molecular complexity index is 668. The smallest absolute Gasteiger partial charge is 0.191 e. The van der Waals surface area contributed by atoms with E-state index in [9.17, 15) is 0 Å². The highest BCUT2D eigenvalue weighted by atomic mass is 127. The van der Waals surface area contributed by atoms with E-state index in [-0.39, 0.29) is 24.0 Å². The first-order valence-electron chi connectivity index (χ1n) is 8.73. The third kappa shape index (κ3) is 7.23. The normalized spacial score (nSPS) is 11.2. The van der Waals surface area contributed by atoms with Gasteiger partial charge in [0.05, 0.1) is 12.8 Å². The number of halogens is 1. The number of aliphatic imine (C=N–C) groups is 1. The van der Waals surface area contributed by atoms with Crippen LogP contribution in [0.3, 0.4) is 0 Å². The minimum absolute atomic E-state index is 0. The molecule has 0 unspecified atom stereocenters. The molecule has 0 radical (unpaired) electrons. The average molecular weight is 472 g/mol. The lowest BCUT2D eigenvalue weighted by Gasteiger charge is -2.11. The zero-order valence-electron chi connectivity index (χ0n) is 15.9. The van der Waals surface area contributed by atoms with Gasteiger partial charge in [0.2, 0.25) is 0 Å². The molecule has 6 nitrogen and oxygen atoms in total. The molecule has 0 saturated carbocycles. The Kier molecular flexibility index (Phi) is 10.1. The Morgan fingerprint density at radius 3 is 2.54 bits per heavy atom. The van der Waals surface area contributed by atoms with Crippen LogP contribution in [0, 0.1) is 0 Å². The van der Waals surface area contributed by atoms with Gasteiger partial charge in [0.1, 0.15) is 12.3 Å². The second-order valence-electron chi connectivity index (χ2n) is 6.09. The molecular formula is C19H29IN4O2. The number of ether oxygens (including phenoxy) is 1. The third-order valence-corrected chi connectivity index (χ3v) is 3.77. The first kappa shape index (κ1) is 22.3. The van der Waals surface area contributed by atoms with Gasteiger partial charge in [0, 0.05) is 19.2 Å². The van der Waals surface area contributed by atoms with Gasteiger partial charge in [-0.05, 0) is 37.0 Å². The van der Waals surface area contributed by atoms with Gasteiger partial charge in [-0.1, -0.05) is 31.1 Å². The summed E-state index contributed by atoms with van der Waals surface area (Å²) < 4.78 is 10.5. The summed E-state index contributed by atoms with van der Waals surface area (Å²) in [6.07, 6.45) is 0.911. The average Bonchev–Trinajstić information content (AvgIpc) is 3.09. The van der Waals surface area contributed by atoms with Crippen LogP contribution >= 0.6 is 24.0 Å². The van der Waals surface area contributed by atoms with E-state index in [1.165, 1.54) is 5.56 Å². The van der Waals surface area contributed by atoms with Crippen LogP contribution in [0.1, 0.15) is 43.7 Å². The molecule has 26 heavy (non-hydrogen) atoms. The van der Waals surface area contributed by atoms with Crippen molar-refractivity contribution in [2.45, 2.75) is 39.7 Å². The lowest BCUT2D eigenvalue weighted by Crippen LogP contribution is -2.38. The molecule has 1 aromatic heterocycles. The van der Waals surface area contributed by atoms with Crippen molar-refractivity contribution in [3.05, 3.63) is 47.3 Å². The van der Waals surface area contributed by atoms with E-state index in [0.717, 1.165) is 42.7 Å². The fraction of sp³-hybridized carbons (Fsp3) is 0.474. The molecule has 0 aliphatic heterocycles. The highest BCUT2D eigenvalue weighted by Crippen LogP contribution is 2.14. The van der Waals surface area contributed by atoms with Crippen LogP contribution in [0.2, 0.25) is 0 Å². The Hall–Kier alpha value is -1.77. The van der Waals surface area contributed by atoms with E-state index < -0.39 is 0 Å². The highest BCUT2D eigenvalue weighted by molar-refractivity contribution is 14.0. The standard InChI is InChI=1S/C19H28N4O2.HI/c1-5-20-19(22-13-17-12-18(14(2)3)23-25-17)21-11-10-15-6-8-16(24-4)9-7-15;/h6-9,12,14H,5,10-11,13H2,1-4H3,(H2,20,21,22);1H. The van der Waals surface area contributed by atoms with Gasteiger partial charge in [0.15, 0.2) is 11.7 Å². The molecule has 0 aliphatic rings. The molecule has 144 valence electrons. The molecule has 1 heterocycles. The second kappa shape index (κ2) is 11.8. The van der Waals surface area contributed by atoms with Crippen LogP contribution < -0.4 is 15.4 Å². The summed E-state index contributed by atoms with van der Waals surface area (Å²) in [5.41, 5.74) is 2.21. The summed E-state index contributed by atoms with van der Waals surface area (Å²) in [5, 5.41) is 10.6. The molecule has 1 aromatic carbocycles. The number of benzene rings is 1. The minimum Gasteiger partial charge on any atom is -0.497 e. The molecular weight excluding hydrogens is 443 g/mol. The Balaban J connectivity index is 0.00000338. The summed E-state index contributed by atoms with van der Waals surface area (Å²) >= 11 is 0. The Morgan fingerprint density at radius 2 is 1.96 bits per heavy atom. The van der Waals surface area contributed by atoms with Crippen LogP contribution in [-0.2, 0) is 13.0 Å². The lowest BCUT2D eigenvalue weighted by molar-refractivity contribution is 0.376. The van der Waals surface area contributed by atoms with Crippen molar-refractivity contribution in [1.29, 1.82) is 0 Å². The van der Waals surface area contributed by atoms with Crippen molar-refractivity contribution in [2.75, 3.05) is 20.2 Å². The first-order chi connectivity index (χ1) is 12.1. The number of aromatic nitrogens is 1. The molecule has 2 N–H and O–H groups in total. The summed E-state index contributed by atoms with van der Waals surface area (Å²) in [6.45, 7) is 8.31. The maximum Gasteiger partial charge on any atom is 0.191 e. The number of hydrogen-bond acceptors (Lipinski definition) is 4. The highest BCUT2D eigenvalue weighted by Gasteiger charge is 2.07. The zero-order chi connectivity index (χ0) is 18.1. The van der Waals surface area contributed by atoms with Gasteiger partial charge >= 0.3 is 0 Å². The Labute approximate surface area is 172 Å². The largest absolute Gasteiger partial charge is 0.497 e. The van der Waals surface area contributed by atoms with Crippen LogP contribution in [0.15, 0.2) is 39.8 Å². The number of methoxy groups -OCH3 is 1. The molecule has 0 spiro atoms. The molecule has 7 heteroatoms. The Morgan fingerprint density at radius 1 is 1.23 bits per heavy atom. The van der Waals surface area contributed by atoms with Crippen molar-refractivity contribution >= 4 is 29.9 Å². The number of nitrogens with one attached hydrogen (secondary N) is 2. The number of hydrogen-bond donors (Lipinski definition) is 2. The zero-order valence-corrected chi connectivity index (χ0v) is 18.2. The SMILES string of the molecule is CCNC(=NCc1cc(C(C)C)no1)NCCc1ccc(OC)cc1.I. The van der Waals surface area contributed by atoms with Gasteiger partial charge in [-0.15, -0.1) is 24.0 Å². The molecule has 0 amide bonds. The molecule has 0 atom stereocenters. The van der Waals surface area contributed by atoms with E-state index in [4.69, 9.17) is 9.26 Å². The predicted octanol–water partition coefficient (Wildman–Crippen LogP) is 3.72. The van der Waals surface area contributed by atoms with Crippen molar-refractivity contribution in [1.82, 2.24) is 15.8 Å². The molecule has 0 aliphatic carbocycles. The van der Waals surface area contributed by atoms with E-state index >= 15 is 0 Å². The predicted molar refractivity (Wildman–Crippen MR) is 116 cm³/mol. The third-order valence-electron chi connectivity index (χ3n) is 3.77. The van der Waals surface area contributed by atoms with E-state index in [1.54, 1.807) is 7.11 Å². The fourth-order valence-electron chi connectivity index (χ4n) is 2.29. The molecule has 2 rings (SSSR count). The molecule has 0 bridgehead atoms.